The van der Waals surface area contributed by atoms with E-state index in [4.69, 9.17) is 4.74 Å². The monoisotopic (exact) mass is 305 g/mol. The first-order valence-electron chi connectivity index (χ1n) is 7.67. The second kappa shape index (κ2) is 6.38. The first kappa shape index (κ1) is 14.9. The largest absolute Gasteiger partial charge is 0.381 e. The second-order valence-electron chi connectivity index (χ2n) is 5.87. The average Bonchev–Trinajstić information content (AvgIpc) is 2.76. The van der Waals surface area contributed by atoms with Crippen LogP contribution in [0, 0.1) is 26.7 Å². The lowest BCUT2D eigenvalue weighted by Crippen LogP contribution is -2.27. The molecule has 0 radical (unpaired) electrons. The lowest BCUT2D eigenvalue weighted by Gasteiger charge is -2.22. The summed E-state index contributed by atoms with van der Waals surface area (Å²) in [4.78, 5) is 11.6. The zero-order valence-corrected chi connectivity index (χ0v) is 13.8. The molecule has 0 unspecified atom stereocenters. The van der Waals surface area contributed by atoms with Gasteiger partial charge in [0.25, 0.3) is 0 Å². The normalized spacial score (nSPS) is 16.7. The van der Waals surface area contributed by atoms with Crippen molar-refractivity contribution in [2.45, 2.75) is 40.2 Å². The maximum atomic E-state index is 5.41. The molecule has 1 saturated heterocycles. The van der Waals surface area contributed by atoms with Crippen LogP contribution in [0.2, 0.25) is 0 Å². The number of thiophene rings is 1. The Bertz CT molecular complexity index is 632. The number of hydrogen-bond acceptors (Lipinski definition) is 5. The van der Waals surface area contributed by atoms with Crippen LogP contribution in [0.5, 0.6) is 0 Å². The van der Waals surface area contributed by atoms with Crippen molar-refractivity contribution in [2.75, 3.05) is 19.8 Å². The number of aryl methyl sites for hydroxylation is 3. The van der Waals surface area contributed by atoms with E-state index in [0.29, 0.717) is 0 Å². The van der Waals surface area contributed by atoms with Gasteiger partial charge in [-0.05, 0) is 51.6 Å². The van der Waals surface area contributed by atoms with E-state index >= 15 is 0 Å². The molecule has 1 fully saturated rings. The Hall–Kier alpha value is -1.04. The van der Waals surface area contributed by atoms with Gasteiger partial charge in [-0.15, -0.1) is 11.3 Å². The molecule has 2 aromatic rings. The van der Waals surface area contributed by atoms with Crippen LogP contribution in [0.4, 0.5) is 0 Å². The van der Waals surface area contributed by atoms with Crippen LogP contribution in [-0.2, 0) is 11.3 Å². The van der Waals surface area contributed by atoms with E-state index in [9.17, 15) is 0 Å². The van der Waals surface area contributed by atoms with Gasteiger partial charge in [0.05, 0.1) is 0 Å². The lowest BCUT2D eigenvalue weighted by atomic mass is 10.0. The molecule has 0 aliphatic carbocycles. The fourth-order valence-electron chi connectivity index (χ4n) is 3.03. The minimum atomic E-state index is 0.761. The van der Waals surface area contributed by atoms with E-state index in [1.165, 1.54) is 28.7 Å². The molecule has 0 aromatic carbocycles. The summed E-state index contributed by atoms with van der Waals surface area (Å²) < 4.78 is 5.41. The van der Waals surface area contributed by atoms with Crippen molar-refractivity contribution in [3.63, 3.8) is 0 Å². The van der Waals surface area contributed by atoms with Gasteiger partial charge in [-0.2, -0.15) is 0 Å². The second-order valence-corrected chi connectivity index (χ2v) is 6.96. The molecule has 0 saturated carbocycles. The third kappa shape index (κ3) is 3.25. The summed E-state index contributed by atoms with van der Waals surface area (Å²) in [5.41, 5.74) is 2.44. The summed E-state index contributed by atoms with van der Waals surface area (Å²) in [6.07, 6.45) is 2.37. The summed E-state index contributed by atoms with van der Waals surface area (Å²) in [7, 11) is 0. The Morgan fingerprint density at radius 3 is 2.71 bits per heavy atom. The molecule has 0 amide bonds. The maximum Gasteiger partial charge on any atom is 0.127 e. The van der Waals surface area contributed by atoms with Crippen molar-refractivity contribution in [3.05, 3.63) is 22.0 Å². The zero-order valence-electron chi connectivity index (χ0n) is 13.0. The van der Waals surface area contributed by atoms with Crippen LogP contribution < -0.4 is 5.32 Å². The number of nitrogens with zero attached hydrogens (tertiary/aromatic N) is 2. The van der Waals surface area contributed by atoms with Gasteiger partial charge in [0.15, 0.2) is 0 Å². The Morgan fingerprint density at radius 2 is 1.95 bits per heavy atom. The van der Waals surface area contributed by atoms with Crippen molar-refractivity contribution in [1.82, 2.24) is 15.3 Å². The van der Waals surface area contributed by atoms with E-state index in [-0.39, 0.29) is 0 Å². The average molecular weight is 305 g/mol. The molecule has 1 aliphatic rings. The molecule has 3 heterocycles. The van der Waals surface area contributed by atoms with Crippen molar-refractivity contribution in [3.8, 4) is 0 Å². The van der Waals surface area contributed by atoms with Gasteiger partial charge in [0.1, 0.15) is 10.7 Å². The van der Waals surface area contributed by atoms with Crippen LogP contribution in [-0.4, -0.2) is 29.7 Å². The Morgan fingerprint density at radius 1 is 1.19 bits per heavy atom. The summed E-state index contributed by atoms with van der Waals surface area (Å²) >= 11 is 1.80. The number of aromatic nitrogens is 2. The topological polar surface area (TPSA) is 47.0 Å². The summed E-state index contributed by atoms with van der Waals surface area (Å²) in [5.74, 6) is 1.63. The molecule has 21 heavy (non-hydrogen) atoms. The predicted octanol–water partition coefficient (Wildman–Crippen LogP) is 3.13. The molecule has 0 bridgehead atoms. The van der Waals surface area contributed by atoms with E-state index in [1.54, 1.807) is 11.3 Å². The smallest absolute Gasteiger partial charge is 0.127 e. The lowest BCUT2D eigenvalue weighted by molar-refractivity contribution is 0.0662. The highest BCUT2D eigenvalue weighted by Gasteiger charge is 2.15. The third-order valence-corrected chi connectivity index (χ3v) is 5.43. The highest BCUT2D eigenvalue weighted by Crippen LogP contribution is 2.31. The minimum absolute atomic E-state index is 0.761. The first-order valence-corrected chi connectivity index (χ1v) is 8.48. The molecule has 114 valence electrons. The van der Waals surface area contributed by atoms with Crippen molar-refractivity contribution < 1.29 is 4.74 Å². The fraction of sp³-hybridized carbons (Fsp3) is 0.625. The highest BCUT2D eigenvalue weighted by atomic mass is 32.1. The standard InChI is InChI=1S/C16H23N3OS/c1-10-14(9-17-8-13-4-6-20-7-5-13)21-16-15(10)11(2)18-12(3)19-16/h13,17H,4-9H2,1-3H3. The van der Waals surface area contributed by atoms with Gasteiger partial charge in [0, 0.05) is 35.7 Å². The Labute approximate surface area is 129 Å². The molecule has 5 heteroatoms. The number of fused-ring (bicyclic) bond motifs is 1. The van der Waals surface area contributed by atoms with Crippen LogP contribution in [0.3, 0.4) is 0 Å². The van der Waals surface area contributed by atoms with E-state index in [2.05, 4.69) is 29.1 Å². The third-order valence-electron chi connectivity index (χ3n) is 4.24. The molecule has 3 rings (SSSR count). The SMILES string of the molecule is Cc1nc(C)c2c(C)c(CNCC3CCOCC3)sc2n1. The predicted molar refractivity (Wildman–Crippen MR) is 86.9 cm³/mol. The van der Waals surface area contributed by atoms with Gasteiger partial charge in [-0.1, -0.05) is 0 Å². The fourth-order valence-corrected chi connectivity index (χ4v) is 4.27. The van der Waals surface area contributed by atoms with Gasteiger partial charge in [-0.25, -0.2) is 9.97 Å². The quantitative estimate of drug-likeness (QED) is 0.942. The molecular formula is C16H23N3OS. The number of nitrogens with one attached hydrogen (secondary N) is 1. The van der Waals surface area contributed by atoms with Crippen molar-refractivity contribution in [1.29, 1.82) is 0 Å². The van der Waals surface area contributed by atoms with Crippen LogP contribution in [0.25, 0.3) is 10.2 Å². The number of ether oxygens (including phenoxy) is 1. The van der Waals surface area contributed by atoms with E-state index < -0.39 is 0 Å². The molecule has 1 aliphatic heterocycles. The van der Waals surface area contributed by atoms with Gasteiger partial charge >= 0.3 is 0 Å². The van der Waals surface area contributed by atoms with Gasteiger partial charge in [-0.3, -0.25) is 0 Å². The van der Waals surface area contributed by atoms with Crippen molar-refractivity contribution in [2.24, 2.45) is 5.92 Å². The molecule has 0 atom stereocenters. The maximum absolute atomic E-state index is 5.41. The number of rotatable bonds is 4. The summed E-state index contributed by atoms with van der Waals surface area (Å²) in [6, 6.07) is 0. The molecule has 0 spiro atoms. The molecule has 4 nitrogen and oxygen atoms in total. The van der Waals surface area contributed by atoms with Gasteiger partial charge < -0.3 is 10.1 Å². The summed E-state index contributed by atoms with van der Waals surface area (Å²) in [5, 5.41) is 4.86. The Balaban J connectivity index is 1.69. The van der Waals surface area contributed by atoms with Crippen LogP contribution in [0.1, 0.15) is 34.8 Å². The van der Waals surface area contributed by atoms with E-state index in [0.717, 1.165) is 48.6 Å². The Kier molecular flexibility index (Phi) is 4.52. The minimum Gasteiger partial charge on any atom is -0.381 e. The zero-order chi connectivity index (χ0) is 14.8. The molecule has 2 aromatic heterocycles. The van der Waals surface area contributed by atoms with Crippen LogP contribution in [0.15, 0.2) is 0 Å². The summed E-state index contributed by atoms with van der Waals surface area (Å²) in [6.45, 7) is 10.1. The molecule has 1 N–H and O–H groups in total. The van der Waals surface area contributed by atoms with E-state index in [1.807, 2.05) is 6.92 Å². The van der Waals surface area contributed by atoms with Crippen LogP contribution >= 0.6 is 11.3 Å². The van der Waals surface area contributed by atoms with Gasteiger partial charge in [0.2, 0.25) is 0 Å². The van der Waals surface area contributed by atoms with Crippen molar-refractivity contribution >= 4 is 21.6 Å². The first-order chi connectivity index (χ1) is 10.1. The highest BCUT2D eigenvalue weighted by molar-refractivity contribution is 7.18. The molecular weight excluding hydrogens is 282 g/mol. The number of hydrogen-bond donors (Lipinski definition) is 1.